The average Bonchev–Trinajstić information content (AvgIpc) is 3.56. The standard InChI is InChI=1S/C51H66N2O8.C16H20O5/c1-3-5-6-7-9-12-17-22-41-39-52-49(53-40-41)42-23-29-45(30-24-42)57-35-18-13-10-8-11-14-21-38-60-50(55)43-27-33-47(34-28-43)61-51(56)44-25-31-46(32-26-44)58-36-19-15-16-20-37-59-48(54)4-2;1-2-15(17)21-12-6-4-3-5-11-20-14-9-7-13(8-10-14)16(18)19/h4,23-34,39-40H,2-3,5-22,35-38H2,1H3;2,7-10H,1,3-6,11-12H2,(H,18,19). The number of benzene rings is 4. The quantitative estimate of drug-likeness (QED) is 0.0127. The van der Waals surface area contributed by atoms with Crippen LogP contribution in [-0.4, -0.2) is 84.6 Å². The molecule has 1 aromatic heterocycles. The van der Waals surface area contributed by atoms with E-state index >= 15 is 0 Å². The first kappa shape index (κ1) is 66.7. The van der Waals surface area contributed by atoms with Gasteiger partial charge in [-0.15, -0.1) is 0 Å². The van der Waals surface area contributed by atoms with Gasteiger partial charge in [0.05, 0.1) is 56.3 Å². The summed E-state index contributed by atoms with van der Waals surface area (Å²) in [5, 5.41) is 8.77. The third-order valence-corrected chi connectivity index (χ3v) is 13.1. The van der Waals surface area contributed by atoms with Crippen LogP contribution in [0.3, 0.4) is 0 Å². The van der Waals surface area contributed by atoms with Gasteiger partial charge in [0.2, 0.25) is 0 Å². The molecule has 0 fully saturated rings. The summed E-state index contributed by atoms with van der Waals surface area (Å²) in [6.07, 6.45) is 31.0. The molecule has 15 nitrogen and oxygen atoms in total. The van der Waals surface area contributed by atoms with Crippen LogP contribution in [0.15, 0.2) is 135 Å². The van der Waals surface area contributed by atoms with E-state index in [1.54, 1.807) is 60.7 Å². The van der Waals surface area contributed by atoms with Crippen LogP contribution in [0, 0.1) is 0 Å². The number of aryl methyl sites for hydroxylation is 1. The van der Waals surface area contributed by atoms with Crippen LogP contribution in [0.5, 0.6) is 23.0 Å². The van der Waals surface area contributed by atoms with Gasteiger partial charge in [-0.3, -0.25) is 0 Å². The first-order chi connectivity index (χ1) is 40.1. The van der Waals surface area contributed by atoms with Gasteiger partial charge in [-0.25, -0.2) is 33.9 Å². The van der Waals surface area contributed by atoms with Crippen molar-refractivity contribution in [1.29, 1.82) is 0 Å². The first-order valence-electron chi connectivity index (χ1n) is 29.4. The summed E-state index contributed by atoms with van der Waals surface area (Å²) in [5.41, 5.74) is 3.24. The van der Waals surface area contributed by atoms with Gasteiger partial charge < -0.3 is 38.3 Å². The van der Waals surface area contributed by atoms with Crippen molar-refractivity contribution in [3.8, 4) is 34.4 Å². The van der Waals surface area contributed by atoms with E-state index in [1.165, 1.54) is 62.6 Å². The summed E-state index contributed by atoms with van der Waals surface area (Å²) in [7, 11) is 0. The number of carbonyl (C=O) groups excluding carboxylic acids is 4. The highest BCUT2D eigenvalue weighted by atomic mass is 16.5. The molecule has 5 aromatic rings. The van der Waals surface area contributed by atoms with E-state index < -0.39 is 23.9 Å². The van der Waals surface area contributed by atoms with E-state index in [0.717, 1.165) is 132 Å². The number of carbonyl (C=O) groups is 5. The fourth-order valence-corrected chi connectivity index (χ4v) is 8.31. The van der Waals surface area contributed by atoms with Gasteiger partial charge in [0.1, 0.15) is 23.0 Å². The molecule has 0 spiro atoms. The largest absolute Gasteiger partial charge is 0.494 e. The Morgan fingerprint density at radius 2 is 0.768 bits per heavy atom. The lowest BCUT2D eigenvalue weighted by Crippen LogP contribution is -2.09. The lowest BCUT2D eigenvalue weighted by molar-refractivity contribution is -0.138. The van der Waals surface area contributed by atoms with Gasteiger partial charge in [-0.05, 0) is 180 Å². The van der Waals surface area contributed by atoms with Gasteiger partial charge >= 0.3 is 29.8 Å². The second-order valence-electron chi connectivity index (χ2n) is 19.8. The Kier molecular flexibility index (Phi) is 34.2. The number of hydrogen-bond acceptors (Lipinski definition) is 14. The Labute approximate surface area is 485 Å². The predicted octanol–water partition coefficient (Wildman–Crippen LogP) is 15.3. The summed E-state index contributed by atoms with van der Waals surface area (Å²) < 4.78 is 38.0. The molecule has 82 heavy (non-hydrogen) atoms. The second kappa shape index (κ2) is 42.1. The number of carboxylic acid groups (broad SMARTS) is 1. The third-order valence-electron chi connectivity index (χ3n) is 13.1. The van der Waals surface area contributed by atoms with Crippen molar-refractivity contribution < 1.29 is 62.2 Å². The molecule has 0 bridgehead atoms. The number of unbranched alkanes of at least 4 members (excludes halogenated alkanes) is 18. The van der Waals surface area contributed by atoms with Gasteiger partial charge in [0, 0.05) is 30.1 Å². The number of aromatic nitrogens is 2. The molecule has 1 heterocycles. The van der Waals surface area contributed by atoms with E-state index in [1.807, 2.05) is 36.7 Å². The third kappa shape index (κ3) is 29.6. The number of aromatic carboxylic acids is 1. The zero-order valence-electron chi connectivity index (χ0n) is 48.2. The van der Waals surface area contributed by atoms with Crippen molar-refractivity contribution >= 4 is 29.8 Å². The summed E-state index contributed by atoms with van der Waals surface area (Å²) in [6, 6.07) is 27.5. The average molecular weight is 1130 g/mol. The van der Waals surface area contributed by atoms with Gasteiger partial charge in [0.15, 0.2) is 5.82 Å². The number of nitrogens with zero attached hydrogens (tertiary/aromatic N) is 2. The molecule has 0 aliphatic carbocycles. The highest BCUT2D eigenvalue weighted by molar-refractivity contribution is 5.92. The number of ether oxygens (including phenoxy) is 7. The van der Waals surface area contributed by atoms with Crippen molar-refractivity contribution in [2.24, 2.45) is 0 Å². The lowest BCUT2D eigenvalue weighted by atomic mass is 10.1. The van der Waals surface area contributed by atoms with Crippen molar-refractivity contribution in [2.45, 2.75) is 155 Å². The summed E-state index contributed by atoms with van der Waals surface area (Å²) in [4.78, 5) is 66.9. The maximum atomic E-state index is 12.7. The van der Waals surface area contributed by atoms with Gasteiger partial charge in [-0.1, -0.05) is 90.7 Å². The molecule has 0 aliphatic rings. The zero-order chi connectivity index (χ0) is 58.7. The van der Waals surface area contributed by atoms with Crippen LogP contribution in [-0.2, 0) is 30.2 Å². The minimum atomic E-state index is -0.946. The topological polar surface area (TPSA) is 196 Å². The smallest absolute Gasteiger partial charge is 0.343 e. The molecule has 442 valence electrons. The van der Waals surface area contributed by atoms with E-state index in [0.29, 0.717) is 68.0 Å². The molecule has 0 unspecified atom stereocenters. The monoisotopic (exact) mass is 1130 g/mol. The van der Waals surface area contributed by atoms with Crippen molar-refractivity contribution in [3.05, 3.63) is 157 Å². The van der Waals surface area contributed by atoms with E-state index in [4.69, 9.17) is 38.3 Å². The minimum absolute atomic E-state index is 0.247. The SMILES string of the molecule is C=CC(=O)OCCCCCCOc1ccc(C(=O)O)cc1.C=CC(=O)OCCCCCCOc1ccc(C(=O)Oc2ccc(C(=O)OCCCCCCCCCOc3ccc(-c4ncc(CCCCCCCCC)cn4)cc3)cc2)cc1. The lowest BCUT2D eigenvalue weighted by Gasteiger charge is -2.09. The van der Waals surface area contributed by atoms with E-state index in [9.17, 15) is 24.0 Å². The maximum absolute atomic E-state index is 12.7. The second-order valence-corrected chi connectivity index (χ2v) is 19.8. The molecule has 0 amide bonds. The summed E-state index contributed by atoms with van der Waals surface area (Å²) in [6.45, 7) is 12.0. The summed E-state index contributed by atoms with van der Waals surface area (Å²) >= 11 is 0. The summed E-state index contributed by atoms with van der Waals surface area (Å²) in [5.74, 6) is 0.645. The Bertz CT molecular complexity index is 2580. The van der Waals surface area contributed by atoms with Gasteiger partial charge in [0.25, 0.3) is 0 Å². The highest BCUT2D eigenvalue weighted by Crippen LogP contribution is 2.22. The number of carboxylic acids is 1. The molecular formula is C67H86N2O13. The Morgan fingerprint density at radius 3 is 1.20 bits per heavy atom. The molecule has 0 aliphatic heterocycles. The van der Waals surface area contributed by atoms with Crippen LogP contribution in [0.2, 0.25) is 0 Å². The molecular weight excluding hydrogens is 1040 g/mol. The molecule has 0 saturated carbocycles. The number of hydrogen-bond donors (Lipinski definition) is 1. The van der Waals surface area contributed by atoms with Crippen molar-refractivity contribution in [1.82, 2.24) is 9.97 Å². The van der Waals surface area contributed by atoms with Gasteiger partial charge in [-0.2, -0.15) is 0 Å². The fourth-order valence-electron chi connectivity index (χ4n) is 8.31. The van der Waals surface area contributed by atoms with Crippen LogP contribution in [0.4, 0.5) is 0 Å². The van der Waals surface area contributed by atoms with Crippen LogP contribution in [0.1, 0.15) is 185 Å². The molecule has 1 N–H and O–H groups in total. The van der Waals surface area contributed by atoms with E-state index in [2.05, 4.69) is 30.0 Å². The molecule has 0 radical (unpaired) electrons. The van der Waals surface area contributed by atoms with Crippen LogP contribution in [0.25, 0.3) is 11.4 Å². The highest BCUT2D eigenvalue weighted by Gasteiger charge is 2.12. The number of esters is 4. The fraction of sp³-hybridized carbons (Fsp3) is 0.448. The Morgan fingerprint density at radius 1 is 0.415 bits per heavy atom. The first-order valence-corrected chi connectivity index (χ1v) is 29.4. The predicted molar refractivity (Wildman–Crippen MR) is 319 cm³/mol. The molecule has 15 heteroatoms. The van der Waals surface area contributed by atoms with Crippen LogP contribution >= 0.6 is 0 Å². The normalized spacial score (nSPS) is 10.6. The maximum Gasteiger partial charge on any atom is 0.343 e. The zero-order valence-corrected chi connectivity index (χ0v) is 48.2. The van der Waals surface area contributed by atoms with E-state index in [-0.39, 0.29) is 11.5 Å². The molecule has 5 rings (SSSR count). The number of rotatable bonds is 42. The Balaban J connectivity index is 0.000000577. The minimum Gasteiger partial charge on any atom is -0.494 e. The van der Waals surface area contributed by atoms with Crippen LogP contribution < -0.4 is 18.9 Å². The molecule has 0 saturated heterocycles. The van der Waals surface area contributed by atoms with Crippen molar-refractivity contribution in [2.75, 3.05) is 39.6 Å². The Hall–Kier alpha value is -7.81. The molecule has 4 aromatic carbocycles. The van der Waals surface area contributed by atoms with Crippen molar-refractivity contribution in [3.63, 3.8) is 0 Å². The molecule has 0 atom stereocenters.